The number of fused-ring (bicyclic) bond motifs is 2. The lowest BCUT2D eigenvalue weighted by molar-refractivity contribution is 0.963. The highest BCUT2D eigenvalue weighted by Crippen LogP contribution is 2.49. The number of rotatable bonds is 1. The Balaban J connectivity index is 2.01. The van der Waals surface area contributed by atoms with E-state index >= 15 is 0 Å². The molecule has 2 aromatic carbocycles. The Morgan fingerprint density at radius 3 is 2.32 bits per heavy atom. The van der Waals surface area contributed by atoms with Crippen molar-refractivity contribution in [3.8, 4) is 6.07 Å². The standard InChI is InChI=1S/C15H10ClNS2/c1-9(8-17)10-2-4-12-14(6-10)18-13-5-3-11(16)7-15(13)19-12/h2-7,9H,1H3. The first-order valence-corrected chi connectivity index (χ1v) is 7.87. The molecule has 0 saturated carbocycles. The van der Waals surface area contributed by atoms with Crippen LogP contribution in [0.4, 0.5) is 0 Å². The number of hydrogen-bond acceptors (Lipinski definition) is 3. The zero-order valence-electron chi connectivity index (χ0n) is 10.2. The lowest BCUT2D eigenvalue weighted by atomic mass is 10.0. The second kappa shape index (κ2) is 5.13. The van der Waals surface area contributed by atoms with Crippen LogP contribution in [-0.2, 0) is 0 Å². The van der Waals surface area contributed by atoms with E-state index in [1.54, 1.807) is 23.5 Å². The minimum atomic E-state index is -0.0671. The number of nitriles is 1. The lowest BCUT2D eigenvalue weighted by Crippen LogP contribution is -1.94. The van der Waals surface area contributed by atoms with Crippen LogP contribution in [0.1, 0.15) is 18.4 Å². The SMILES string of the molecule is CC(C#N)c1ccc2c(c1)Sc1ccc(Cl)cc1S2. The molecule has 0 aromatic heterocycles. The van der Waals surface area contributed by atoms with Gasteiger partial charge in [-0.25, -0.2) is 0 Å². The molecular weight excluding hydrogens is 294 g/mol. The van der Waals surface area contributed by atoms with Crippen LogP contribution < -0.4 is 0 Å². The van der Waals surface area contributed by atoms with E-state index in [2.05, 4.69) is 24.3 Å². The second-order valence-corrected chi connectivity index (χ2v) is 6.96. The molecule has 94 valence electrons. The van der Waals surface area contributed by atoms with Crippen LogP contribution in [0.2, 0.25) is 5.02 Å². The first-order valence-electron chi connectivity index (χ1n) is 5.86. The maximum atomic E-state index is 9.00. The zero-order chi connectivity index (χ0) is 13.4. The Bertz CT molecular complexity index is 691. The molecule has 0 amide bonds. The van der Waals surface area contributed by atoms with Crippen molar-refractivity contribution in [3.05, 3.63) is 47.0 Å². The zero-order valence-corrected chi connectivity index (χ0v) is 12.6. The summed E-state index contributed by atoms with van der Waals surface area (Å²) < 4.78 is 0. The summed E-state index contributed by atoms with van der Waals surface area (Å²) in [5.41, 5.74) is 1.08. The van der Waals surface area contributed by atoms with Crippen molar-refractivity contribution < 1.29 is 0 Å². The number of nitrogens with zero attached hydrogens (tertiary/aromatic N) is 1. The van der Waals surface area contributed by atoms with Crippen LogP contribution in [-0.4, -0.2) is 0 Å². The van der Waals surface area contributed by atoms with Crippen molar-refractivity contribution in [1.29, 1.82) is 5.26 Å². The van der Waals surface area contributed by atoms with Crippen LogP contribution >= 0.6 is 35.1 Å². The summed E-state index contributed by atoms with van der Waals surface area (Å²) in [6, 6.07) is 14.5. The predicted octanol–water partition coefficient (Wildman–Crippen LogP) is 5.58. The molecule has 1 aliphatic heterocycles. The molecule has 0 fully saturated rings. The Morgan fingerprint density at radius 1 is 1.00 bits per heavy atom. The number of benzene rings is 2. The van der Waals surface area contributed by atoms with Crippen molar-refractivity contribution in [3.63, 3.8) is 0 Å². The van der Waals surface area contributed by atoms with Gasteiger partial charge in [0, 0.05) is 24.6 Å². The van der Waals surface area contributed by atoms with Gasteiger partial charge in [-0.1, -0.05) is 41.2 Å². The quantitative estimate of drug-likeness (QED) is 0.586. The molecule has 1 atom stereocenters. The van der Waals surface area contributed by atoms with Gasteiger partial charge < -0.3 is 0 Å². The summed E-state index contributed by atoms with van der Waals surface area (Å²) in [5.74, 6) is -0.0671. The van der Waals surface area contributed by atoms with Gasteiger partial charge in [0.2, 0.25) is 0 Å². The fraction of sp³-hybridized carbons (Fsp3) is 0.133. The molecule has 2 aromatic rings. The van der Waals surface area contributed by atoms with Crippen molar-refractivity contribution >= 4 is 35.1 Å². The number of halogens is 1. The summed E-state index contributed by atoms with van der Waals surface area (Å²) in [6.45, 7) is 1.93. The van der Waals surface area contributed by atoms with Crippen LogP contribution in [0.3, 0.4) is 0 Å². The highest BCUT2D eigenvalue weighted by Gasteiger charge is 2.18. The molecule has 3 rings (SSSR count). The summed E-state index contributed by atoms with van der Waals surface area (Å²) in [4.78, 5) is 4.88. The van der Waals surface area contributed by atoms with Gasteiger partial charge in [0.15, 0.2) is 0 Å². The molecule has 1 nitrogen and oxygen atoms in total. The molecule has 19 heavy (non-hydrogen) atoms. The van der Waals surface area contributed by atoms with Gasteiger partial charge in [-0.3, -0.25) is 0 Å². The summed E-state index contributed by atoms with van der Waals surface area (Å²) >= 11 is 9.51. The maximum absolute atomic E-state index is 9.00. The van der Waals surface area contributed by atoms with E-state index in [4.69, 9.17) is 16.9 Å². The Morgan fingerprint density at radius 2 is 1.63 bits per heavy atom. The van der Waals surface area contributed by atoms with Gasteiger partial charge in [0.05, 0.1) is 12.0 Å². The lowest BCUT2D eigenvalue weighted by Gasteiger charge is -2.19. The van der Waals surface area contributed by atoms with Crippen LogP contribution in [0.5, 0.6) is 0 Å². The Hall–Kier alpha value is -1.08. The molecule has 0 bridgehead atoms. The molecule has 0 spiro atoms. The van der Waals surface area contributed by atoms with Crippen molar-refractivity contribution in [2.24, 2.45) is 0 Å². The molecule has 1 unspecified atom stereocenters. The van der Waals surface area contributed by atoms with Crippen LogP contribution in [0.25, 0.3) is 0 Å². The van der Waals surface area contributed by atoms with E-state index in [0.29, 0.717) is 0 Å². The van der Waals surface area contributed by atoms with Crippen molar-refractivity contribution in [2.75, 3.05) is 0 Å². The third-order valence-corrected chi connectivity index (χ3v) is 5.77. The average molecular weight is 304 g/mol. The van der Waals surface area contributed by atoms with Gasteiger partial charge in [-0.2, -0.15) is 5.26 Å². The highest BCUT2D eigenvalue weighted by molar-refractivity contribution is 8.05. The van der Waals surface area contributed by atoms with Gasteiger partial charge in [-0.05, 0) is 42.8 Å². The molecule has 0 saturated heterocycles. The van der Waals surface area contributed by atoms with E-state index in [1.165, 1.54) is 19.6 Å². The van der Waals surface area contributed by atoms with Crippen molar-refractivity contribution in [2.45, 2.75) is 32.4 Å². The van der Waals surface area contributed by atoms with E-state index in [0.717, 1.165) is 10.6 Å². The van der Waals surface area contributed by atoms with E-state index in [9.17, 15) is 0 Å². The molecule has 0 N–H and O–H groups in total. The third-order valence-electron chi connectivity index (χ3n) is 3.01. The molecule has 0 aliphatic carbocycles. The van der Waals surface area contributed by atoms with E-state index < -0.39 is 0 Å². The maximum Gasteiger partial charge on any atom is 0.0700 e. The number of hydrogen-bond donors (Lipinski definition) is 0. The predicted molar refractivity (Wildman–Crippen MR) is 80.2 cm³/mol. The molecular formula is C15H10ClNS2. The van der Waals surface area contributed by atoms with E-state index in [-0.39, 0.29) is 5.92 Å². The first kappa shape index (κ1) is 12.9. The normalized spacial score (nSPS) is 14.2. The fourth-order valence-electron chi connectivity index (χ4n) is 1.92. The fourth-order valence-corrected chi connectivity index (χ4v) is 4.44. The summed E-state index contributed by atoms with van der Waals surface area (Å²) in [7, 11) is 0. The largest absolute Gasteiger partial charge is 0.198 e. The van der Waals surface area contributed by atoms with Gasteiger partial charge in [-0.15, -0.1) is 0 Å². The smallest absolute Gasteiger partial charge is 0.0700 e. The van der Waals surface area contributed by atoms with Gasteiger partial charge >= 0.3 is 0 Å². The highest BCUT2D eigenvalue weighted by atomic mass is 35.5. The topological polar surface area (TPSA) is 23.8 Å². The first-order chi connectivity index (χ1) is 9.17. The Kier molecular flexibility index (Phi) is 3.49. The Labute approximate surface area is 126 Å². The van der Waals surface area contributed by atoms with Gasteiger partial charge in [0.25, 0.3) is 0 Å². The summed E-state index contributed by atoms with van der Waals surface area (Å²) in [5, 5.41) is 9.77. The molecule has 4 heteroatoms. The van der Waals surface area contributed by atoms with E-state index in [1.807, 2.05) is 25.1 Å². The molecule has 1 heterocycles. The monoisotopic (exact) mass is 303 g/mol. The molecule has 1 aliphatic rings. The summed E-state index contributed by atoms with van der Waals surface area (Å²) in [6.07, 6.45) is 0. The van der Waals surface area contributed by atoms with Crippen LogP contribution in [0, 0.1) is 11.3 Å². The van der Waals surface area contributed by atoms with Crippen molar-refractivity contribution in [1.82, 2.24) is 0 Å². The molecule has 0 radical (unpaired) electrons. The van der Waals surface area contributed by atoms with Crippen LogP contribution in [0.15, 0.2) is 56.0 Å². The second-order valence-electron chi connectivity index (χ2n) is 4.35. The average Bonchev–Trinajstić information content (AvgIpc) is 2.43. The minimum Gasteiger partial charge on any atom is -0.198 e. The third kappa shape index (κ3) is 2.49. The minimum absolute atomic E-state index is 0.0671. The van der Waals surface area contributed by atoms with Gasteiger partial charge in [0.1, 0.15) is 0 Å².